The molecular weight excluding hydrogens is 391 g/mol. The van der Waals surface area contributed by atoms with Crippen LogP contribution in [0, 0.1) is 0 Å². The average Bonchev–Trinajstić information content (AvgIpc) is 2.54. The Balaban J connectivity index is 4.14. The van der Waals surface area contributed by atoms with Crippen LogP contribution in [0.4, 0.5) is 30.7 Å². The maximum atomic E-state index is 13.0. The van der Waals surface area contributed by atoms with Crippen molar-refractivity contribution in [2.24, 2.45) is 5.73 Å². The second kappa shape index (κ2) is 10.2. The number of carbonyl (C=O) groups is 1. The Bertz CT molecular complexity index is 497. The van der Waals surface area contributed by atoms with Crippen molar-refractivity contribution in [1.82, 2.24) is 0 Å². The molecule has 5 N–H and O–H groups in total. The summed E-state index contributed by atoms with van der Waals surface area (Å²) in [5, 5.41) is 27.5. The van der Waals surface area contributed by atoms with Gasteiger partial charge in [0.25, 0.3) is 0 Å². The number of alkyl halides is 7. The first-order valence-electron chi connectivity index (χ1n) is 7.97. The van der Waals surface area contributed by atoms with E-state index in [1.54, 1.807) is 0 Å². The standard InChI is InChI=1S/C15H22F7NO4/c16-13(17,14(18,19)15(20,21)22)8-6-4-2-1-3-5-7-9(24)11(25)10(23)12(26)27/h3,5,9-11,24-25H,1-2,4,6-8,23H2,(H,26,27)/b5-3+. The van der Waals surface area contributed by atoms with Gasteiger partial charge in [-0.05, 0) is 25.7 Å². The number of aliphatic carboxylic acids is 1. The number of rotatable bonds is 12. The number of carboxylic acid groups (broad SMARTS) is 1. The molecule has 0 aromatic heterocycles. The highest BCUT2D eigenvalue weighted by atomic mass is 19.4. The summed E-state index contributed by atoms with van der Waals surface area (Å²) in [6.45, 7) is 0. The lowest BCUT2D eigenvalue weighted by Gasteiger charge is -2.28. The second-order valence-electron chi connectivity index (χ2n) is 6.01. The van der Waals surface area contributed by atoms with Gasteiger partial charge in [0.15, 0.2) is 0 Å². The summed E-state index contributed by atoms with van der Waals surface area (Å²) in [7, 11) is 0. The van der Waals surface area contributed by atoms with E-state index in [-0.39, 0.29) is 25.7 Å². The highest BCUT2D eigenvalue weighted by Gasteiger charge is 2.72. The lowest BCUT2D eigenvalue weighted by Crippen LogP contribution is -2.51. The molecule has 0 rings (SSSR count). The molecule has 0 bridgehead atoms. The van der Waals surface area contributed by atoms with Gasteiger partial charge < -0.3 is 21.1 Å². The molecule has 0 aliphatic carbocycles. The first kappa shape index (κ1) is 25.6. The Morgan fingerprint density at radius 2 is 1.52 bits per heavy atom. The summed E-state index contributed by atoms with van der Waals surface area (Å²) in [5.41, 5.74) is 5.12. The third kappa shape index (κ3) is 7.62. The maximum Gasteiger partial charge on any atom is 0.459 e. The number of aliphatic hydroxyl groups is 2. The van der Waals surface area contributed by atoms with Crippen molar-refractivity contribution in [3.8, 4) is 0 Å². The summed E-state index contributed by atoms with van der Waals surface area (Å²) >= 11 is 0. The minimum absolute atomic E-state index is 0.0249. The van der Waals surface area contributed by atoms with Crippen LogP contribution in [-0.4, -0.2) is 57.6 Å². The van der Waals surface area contributed by atoms with Gasteiger partial charge in [-0.25, -0.2) is 0 Å². The minimum atomic E-state index is -6.33. The molecule has 0 aromatic rings. The lowest BCUT2D eigenvalue weighted by molar-refractivity contribution is -0.355. The number of aliphatic hydroxyl groups excluding tert-OH is 2. The summed E-state index contributed by atoms with van der Waals surface area (Å²) in [4.78, 5) is 10.5. The van der Waals surface area contributed by atoms with Gasteiger partial charge >= 0.3 is 24.0 Å². The largest absolute Gasteiger partial charge is 0.480 e. The monoisotopic (exact) mass is 413 g/mol. The zero-order valence-corrected chi connectivity index (χ0v) is 14.1. The van der Waals surface area contributed by atoms with E-state index in [2.05, 4.69) is 0 Å². The van der Waals surface area contributed by atoms with Gasteiger partial charge in [-0.15, -0.1) is 0 Å². The smallest absolute Gasteiger partial charge is 0.459 e. The first-order valence-corrected chi connectivity index (χ1v) is 7.97. The van der Waals surface area contributed by atoms with Crippen molar-refractivity contribution < 1.29 is 50.8 Å². The van der Waals surface area contributed by atoms with Gasteiger partial charge in [0.2, 0.25) is 0 Å². The van der Waals surface area contributed by atoms with Crippen molar-refractivity contribution >= 4 is 5.97 Å². The SMILES string of the molecule is NC(C(=O)O)C(O)C(O)C/C=C/CCCCCC(F)(F)C(F)(F)C(F)(F)F. The quantitative estimate of drug-likeness (QED) is 0.224. The third-order valence-corrected chi connectivity index (χ3v) is 3.77. The van der Waals surface area contributed by atoms with Gasteiger partial charge in [-0.3, -0.25) is 4.79 Å². The molecule has 3 unspecified atom stereocenters. The molecule has 12 heteroatoms. The van der Waals surface area contributed by atoms with Crippen molar-refractivity contribution in [3.63, 3.8) is 0 Å². The lowest BCUT2D eigenvalue weighted by atomic mass is 10.0. The molecule has 0 fully saturated rings. The fourth-order valence-electron chi connectivity index (χ4n) is 2.03. The van der Waals surface area contributed by atoms with Crippen LogP contribution in [0.25, 0.3) is 0 Å². The third-order valence-electron chi connectivity index (χ3n) is 3.77. The van der Waals surface area contributed by atoms with Crippen LogP contribution in [0.1, 0.15) is 38.5 Å². The highest BCUT2D eigenvalue weighted by Crippen LogP contribution is 2.48. The van der Waals surface area contributed by atoms with E-state index in [9.17, 15) is 45.7 Å². The molecule has 27 heavy (non-hydrogen) atoms. The molecule has 0 radical (unpaired) electrons. The molecule has 5 nitrogen and oxygen atoms in total. The Labute approximate surface area is 150 Å². The molecule has 0 aliphatic rings. The Morgan fingerprint density at radius 3 is 2.00 bits per heavy atom. The van der Waals surface area contributed by atoms with Crippen LogP contribution in [0.5, 0.6) is 0 Å². The molecule has 160 valence electrons. The van der Waals surface area contributed by atoms with Gasteiger partial charge in [-0.1, -0.05) is 18.6 Å². The van der Waals surface area contributed by atoms with Crippen molar-refractivity contribution in [3.05, 3.63) is 12.2 Å². The molecule has 0 aromatic carbocycles. The molecule has 0 amide bonds. The molecular formula is C15H22F7NO4. The van der Waals surface area contributed by atoms with Crippen LogP contribution in [-0.2, 0) is 4.79 Å². The number of nitrogens with two attached hydrogens (primary N) is 1. The van der Waals surface area contributed by atoms with E-state index in [0.717, 1.165) is 0 Å². The zero-order valence-electron chi connectivity index (χ0n) is 14.1. The van der Waals surface area contributed by atoms with Crippen molar-refractivity contribution in [1.29, 1.82) is 0 Å². The van der Waals surface area contributed by atoms with Gasteiger partial charge in [0.1, 0.15) is 12.1 Å². The van der Waals surface area contributed by atoms with E-state index in [0.29, 0.717) is 0 Å². The Hall–Kier alpha value is -1.40. The zero-order chi connectivity index (χ0) is 21.5. The summed E-state index contributed by atoms with van der Waals surface area (Å²) in [5.74, 6) is -12.8. The summed E-state index contributed by atoms with van der Waals surface area (Å²) in [6, 6.07) is -1.68. The normalized spacial score (nSPS) is 17.1. The minimum Gasteiger partial charge on any atom is -0.480 e. The number of hydrogen-bond acceptors (Lipinski definition) is 4. The van der Waals surface area contributed by atoms with Crippen LogP contribution in [0.2, 0.25) is 0 Å². The van der Waals surface area contributed by atoms with Gasteiger partial charge in [0.05, 0.1) is 6.10 Å². The van der Waals surface area contributed by atoms with E-state index < -0.39 is 55.1 Å². The first-order chi connectivity index (χ1) is 12.1. The maximum absolute atomic E-state index is 13.0. The molecule has 0 spiro atoms. The van der Waals surface area contributed by atoms with Crippen LogP contribution in [0.15, 0.2) is 12.2 Å². The number of allylic oxidation sites excluding steroid dienone is 1. The number of unbranched alkanes of at least 4 members (excludes halogenated alkanes) is 3. The molecule has 3 atom stereocenters. The predicted octanol–water partition coefficient (Wildman–Crippen LogP) is 2.85. The van der Waals surface area contributed by atoms with Crippen LogP contribution >= 0.6 is 0 Å². The molecule has 0 aliphatic heterocycles. The van der Waals surface area contributed by atoms with E-state index >= 15 is 0 Å². The predicted molar refractivity (Wildman–Crippen MR) is 80.4 cm³/mol. The Kier molecular flexibility index (Phi) is 9.70. The number of hydrogen-bond donors (Lipinski definition) is 4. The summed E-state index contributed by atoms with van der Waals surface area (Å²) < 4.78 is 87.2. The topological polar surface area (TPSA) is 104 Å². The Morgan fingerprint density at radius 1 is 0.963 bits per heavy atom. The van der Waals surface area contributed by atoms with Gasteiger partial charge in [0, 0.05) is 6.42 Å². The van der Waals surface area contributed by atoms with E-state index in [1.807, 2.05) is 0 Å². The fourth-order valence-corrected chi connectivity index (χ4v) is 2.03. The van der Waals surface area contributed by atoms with Gasteiger partial charge in [-0.2, -0.15) is 30.7 Å². The molecule has 0 saturated heterocycles. The number of halogens is 7. The van der Waals surface area contributed by atoms with E-state index in [1.165, 1.54) is 12.2 Å². The number of carboxylic acids is 1. The van der Waals surface area contributed by atoms with Crippen molar-refractivity contribution in [2.75, 3.05) is 0 Å². The second-order valence-corrected chi connectivity index (χ2v) is 6.01. The summed E-state index contributed by atoms with van der Waals surface area (Å²) in [6.07, 6.45) is -8.48. The molecule has 0 heterocycles. The van der Waals surface area contributed by atoms with E-state index in [4.69, 9.17) is 10.8 Å². The molecule has 0 saturated carbocycles. The van der Waals surface area contributed by atoms with Crippen LogP contribution in [0.3, 0.4) is 0 Å². The highest BCUT2D eigenvalue weighted by molar-refractivity contribution is 5.74. The van der Waals surface area contributed by atoms with Crippen molar-refractivity contribution in [2.45, 2.75) is 74.8 Å². The van der Waals surface area contributed by atoms with Crippen LogP contribution < -0.4 is 5.73 Å². The average molecular weight is 413 g/mol. The fraction of sp³-hybridized carbons (Fsp3) is 0.800.